The van der Waals surface area contributed by atoms with Gasteiger partial charge in [-0.05, 0) is 11.1 Å². The second-order valence-corrected chi connectivity index (χ2v) is 5.16. The molecule has 22 heavy (non-hydrogen) atoms. The molecule has 2 aromatic rings. The van der Waals surface area contributed by atoms with Crippen LogP contribution in [-0.2, 0) is 9.53 Å². The van der Waals surface area contributed by atoms with E-state index in [1.165, 1.54) is 0 Å². The Hall–Kier alpha value is -1.88. The minimum Gasteiger partial charge on any atom is -0.369 e. The fraction of sp³-hybridized carbons (Fsp3) is 0.235. The number of nitrogens with two attached hydrogens (primary N) is 1. The average molecular weight is 319 g/mol. The van der Waals surface area contributed by atoms with E-state index in [0.717, 1.165) is 11.1 Å². The molecule has 5 heteroatoms. The molecule has 3 atom stereocenters. The molecule has 0 radical (unpaired) electrons. The summed E-state index contributed by atoms with van der Waals surface area (Å²) in [6.07, 6.45) is -0.417. The third kappa shape index (κ3) is 3.47. The lowest BCUT2D eigenvalue weighted by atomic mass is 10.0. The van der Waals surface area contributed by atoms with Gasteiger partial charge in [0.2, 0.25) is 5.91 Å². The summed E-state index contributed by atoms with van der Waals surface area (Å²) in [6, 6.07) is 18.5. The Balaban J connectivity index is 0.00000176. The van der Waals surface area contributed by atoms with Crippen LogP contribution in [0.3, 0.4) is 0 Å². The molecule has 4 nitrogen and oxygen atoms in total. The van der Waals surface area contributed by atoms with E-state index in [1.807, 2.05) is 60.7 Å². The SMILES string of the molecule is Cl.N[C@@H]1C(=O)N[C@H](c2ccccc2)CO[C@@H]1c1ccccc1. The van der Waals surface area contributed by atoms with Crippen molar-refractivity contribution in [2.24, 2.45) is 5.73 Å². The molecule has 116 valence electrons. The van der Waals surface area contributed by atoms with Crippen LogP contribution < -0.4 is 11.1 Å². The summed E-state index contributed by atoms with van der Waals surface area (Å²) < 4.78 is 5.93. The maximum atomic E-state index is 12.3. The van der Waals surface area contributed by atoms with Crippen molar-refractivity contribution in [1.29, 1.82) is 0 Å². The number of carbonyl (C=O) groups is 1. The average Bonchev–Trinajstić information content (AvgIpc) is 2.69. The van der Waals surface area contributed by atoms with Gasteiger partial charge < -0.3 is 15.8 Å². The lowest BCUT2D eigenvalue weighted by Crippen LogP contribution is -2.43. The van der Waals surface area contributed by atoms with Crippen LogP contribution in [0.2, 0.25) is 0 Å². The Bertz CT molecular complexity index is 607. The first-order valence-electron chi connectivity index (χ1n) is 7.03. The third-order valence-corrected chi connectivity index (χ3v) is 3.72. The van der Waals surface area contributed by atoms with Crippen LogP contribution in [0.15, 0.2) is 60.7 Å². The number of nitrogens with one attached hydrogen (secondary N) is 1. The molecule has 0 spiro atoms. The Morgan fingerprint density at radius 1 is 0.955 bits per heavy atom. The number of amides is 1. The molecular formula is C17H19ClN2O2. The molecule has 2 aromatic carbocycles. The zero-order valence-corrected chi connectivity index (χ0v) is 12.8. The van der Waals surface area contributed by atoms with Crippen molar-refractivity contribution in [3.8, 4) is 0 Å². The first-order valence-corrected chi connectivity index (χ1v) is 7.03. The van der Waals surface area contributed by atoms with E-state index in [4.69, 9.17) is 10.5 Å². The molecule has 0 bridgehead atoms. The van der Waals surface area contributed by atoms with E-state index in [1.54, 1.807) is 0 Å². The van der Waals surface area contributed by atoms with Crippen LogP contribution in [0.1, 0.15) is 23.3 Å². The smallest absolute Gasteiger partial charge is 0.240 e. The Morgan fingerprint density at radius 2 is 1.50 bits per heavy atom. The molecule has 3 rings (SSSR count). The van der Waals surface area contributed by atoms with Gasteiger partial charge in [-0.2, -0.15) is 0 Å². The summed E-state index contributed by atoms with van der Waals surface area (Å²) in [7, 11) is 0. The van der Waals surface area contributed by atoms with E-state index in [-0.39, 0.29) is 24.4 Å². The molecule has 1 fully saturated rings. The minimum atomic E-state index is -0.707. The van der Waals surface area contributed by atoms with Crippen molar-refractivity contribution in [3.63, 3.8) is 0 Å². The van der Waals surface area contributed by atoms with E-state index >= 15 is 0 Å². The van der Waals surface area contributed by atoms with Crippen molar-refractivity contribution in [2.45, 2.75) is 18.2 Å². The molecule has 1 heterocycles. The lowest BCUT2D eigenvalue weighted by Gasteiger charge is -2.19. The fourth-order valence-electron chi connectivity index (χ4n) is 2.56. The molecule has 1 amide bonds. The van der Waals surface area contributed by atoms with E-state index in [0.29, 0.717) is 6.61 Å². The van der Waals surface area contributed by atoms with E-state index in [9.17, 15) is 4.79 Å². The van der Waals surface area contributed by atoms with Gasteiger partial charge in [0, 0.05) is 0 Å². The second kappa shape index (κ2) is 7.40. The van der Waals surface area contributed by atoms with Gasteiger partial charge in [0.05, 0.1) is 12.6 Å². The quantitative estimate of drug-likeness (QED) is 0.893. The van der Waals surface area contributed by atoms with Gasteiger partial charge in [0.1, 0.15) is 12.1 Å². The molecule has 0 aromatic heterocycles. The zero-order chi connectivity index (χ0) is 14.7. The number of hydrogen-bond acceptors (Lipinski definition) is 3. The van der Waals surface area contributed by atoms with Crippen molar-refractivity contribution >= 4 is 18.3 Å². The Morgan fingerprint density at radius 3 is 2.09 bits per heavy atom. The van der Waals surface area contributed by atoms with Gasteiger partial charge in [0.15, 0.2) is 0 Å². The molecule has 0 aliphatic carbocycles. The number of rotatable bonds is 2. The predicted octanol–water partition coefficient (Wildman–Crippen LogP) is 2.36. The highest BCUT2D eigenvalue weighted by Crippen LogP contribution is 2.26. The summed E-state index contributed by atoms with van der Waals surface area (Å²) in [5.74, 6) is -0.185. The van der Waals surface area contributed by atoms with Gasteiger partial charge in [0.25, 0.3) is 0 Å². The third-order valence-electron chi connectivity index (χ3n) is 3.72. The molecule has 3 N–H and O–H groups in total. The largest absolute Gasteiger partial charge is 0.369 e. The van der Waals surface area contributed by atoms with Gasteiger partial charge in [-0.3, -0.25) is 4.79 Å². The van der Waals surface area contributed by atoms with Crippen LogP contribution in [0.4, 0.5) is 0 Å². The second-order valence-electron chi connectivity index (χ2n) is 5.16. The van der Waals surface area contributed by atoms with Crippen LogP contribution in [0.25, 0.3) is 0 Å². The lowest BCUT2D eigenvalue weighted by molar-refractivity contribution is -0.124. The molecule has 1 saturated heterocycles. The number of benzene rings is 2. The predicted molar refractivity (Wildman–Crippen MR) is 87.7 cm³/mol. The van der Waals surface area contributed by atoms with Gasteiger partial charge >= 0.3 is 0 Å². The standard InChI is InChI=1S/C17H18N2O2.ClH/c18-15-16(13-9-5-2-6-10-13)21-11-14(19-17(15)20)12-7-3-1-4-8-12;/h1-10,14-16H,11,18H2,(H,19,20);1H/t14-,15-,16+;/m0./s1. The van der Waals surface area contributed by atoms with E-state index < -0.39 is 12.1 Å². The first-order chi connectivity index (χ1) is 10.3. The monoisotopic (exact) mass is 318 g/mol. The van der Waals surface area contributed by atoms with Crippen molar-refractivity contribution in [2.75, 3.05) is 6.61 Å². The molecule has 1 aliphatic heterocycles. The fourth-order valence-corrected chi connectivity index (χ4v) is 2.56. The Labute approximate surface area is 136 Å². The summed E-state index contributed by atoms with van der Waals surface area (Å²) in [4.78, 5) is 12.3. The highest BCUT2D eigenvalue weighted by Gasteiger charge is 2.32. The summed E-state index contributed by atoms with van der Waals surface area (Å²) in [5.41, 5.74) is 8.00. The van der Waals surface area contributed by atoms with Crippen LogP contribution in [-0.4, -0.2) is 18.6 Å². The summed E-state index contributed by atoms with van der Waals surface area (Å²) in [5, 5.41) is 2.96. The van der Waals surface area contributed by atoms with Crippen LogP contribution in [0, 0.1) is 0 Å². The van der Waals surface area contributed by atoms with Gasteiger partial charge in [-0.15, -0.1) is 12.4 Å². The first kappa shape index (κ1) is 16.5. The molecular weight excluding hydrogens is 300 g/mol. The van der Waals surface area contributed by atoms with Crippen LogP contribution >= 0.6 is 12.4 Å². The zero-order valence-electron chi connectivity index (χ0n) is 12.0. The molecule has 0 unspecified atom stereocenters. The highest BCUT2D eigenvalue weighted by atomic mass is 35.5. The van der Waals surface area contributed by atoms with Crippen LogP contribution in [0.5, 0.6) is 0 Å². The summed E-state index contributed by atoms with van der Waals surface area (Å²) >= 11 is 0. The highest BCUT2D eigenvalue weighted by molar-refractivity contribution is 5.85. The normalized spacial score (nSPS) is 24.8. The topological polar surface area (TPSA) is 64.4 Å². The van der Waals surface area contributed by atoms with Gasteiger partial charge in [-0.25, -0.2) is 0 Å². The number of carbonyl (C=O) groups excluding carboxylic acids is 1. The minimum absolute atomic E-state index is 0. The number of hydrogen-bond donors (Lipinski definition) is 2. The summed E-state index contributed by atoms with van der Waals surface area (Å²) in [6.45, 7) is 0.406. The number of ether oxygens (including phenoxy) is 1. The molecule has 1 aliphatic rings. The maximum Gasteiger partial charge on any atom is 0.240 e. The van der Waals surface area contributed by atoms with Crippen molar-refractivity contribution in [1.82, 2.24) is 5.32 Å². The van der Waals surface area contributed by atoms with Gasteiger partial charge in [-0.1, -0.05) is 60.7 Å². The number of halogens is 1. The molecule has 0 saturated carbocycles. The van der Waals surface area contributed by atoms with Crippen molar-refractivity contribution in [3.05, 3.63) is 71.8 Å². The Kier molecular flexibility index (Phi) is 5.55. The maximum absolute atomic E-state index is 12.3. The van der Waals surface area contributed by atoms with E-state index in [2.05, 4.69) is 5.32 Å². The van der Waals surface area contributed by atoms with Crippen molar-refractivity contribution < 1.29 is 9.53 Å².